The Morgan fingerprint density at radius 1 is 1.31 bits per heavy atom. The Balaban J connectivity index is 2.08. The van der Waals surface area contributed by atoms with Crippen molar-refractivity contribution in [3.8, 4) is 0 Å². The molecule has 1 aromatic carbocycles. The van der Waals surface area contributed by atoms with Crippen molar-refractivity contribution < 1.29 is 0 Å². The molecule has 88 valence electrons. The summed E-state index contributed by atoms with van der Waals surface area (Å²) in [6.45, 7) is 3.81. The number of anilines is 1. The van der Waals surface area contributed by atoms with Gasteiger partial charge in [0.2, 0.25) is 0 Å². The van der Waals surface area contributed by atoms with E-state index in [1.165, 1.54) is 5.69 Å². The summed E-state index contributed by atoms with van der Waals surface area (Å²) in [5.41, 5.74) is 7.00. The Bertz CT molecular complexity index is 339. The largest absolute Gasteiger partial charge is 0.369 e. The molecule has 4 heteroatoms. The predicted octanol–water partition coefficient (Wildman–Crippen LogP) is 1.42. The van der Waals surface area contributed by atoms with Gasteiger partial charge < -0.3 is 10.6 Å². The molecule has 1 aliphatic rings. The summed E-state index contributed by atoms with van der Waals surface area (Å²) in [4.78, 5) is 4.69. The summed E-state index contributed by atoms with van der Waals surface area (Å²) in [7, 11) is 2.14. The van der Waals surface area contributed by atoms with Crippen molar-refractivity contribution in [2.75, 3.05) is 38.1 Å². The van der Waals surface area contributed by atoms with Crippen LogP contribution in [0.15, 0.2) is 24.3 Å². The summed E-state index contributed by atoms with van der Waals surface area (Å²) >= 11 is 5.88. The summed E-state index contributed by atoms with van der Waals surface area (Å²) in [5, 5.41) is 0.785. The number of likely N-dealkylation sites (N-methyl/N-ethyl adjacent to an activating group) is 1. The van der Waals surface area contributed by atoms with Crippen LogP contribution >= 0.6 is 11.6 Å². The van der Waals surface area contributed by atoms with Crippen molar-refractivity contribution in [1.82, 2.24) is 4.90 Å². The maximum Gasteiger partial charge on any atom is 0.0407 e. The molecule has 1 heterocycles. The van der Waals surface area contributed by atoms with E-state index in [1.807, 2.05) is 12.1 Å². The Morgan fingerprint density at radius 3 is 2.62 bits per heavy atom. The highest BCUT2D eigenvalue weighted by Crippen LogP contribution is 2.20. The zero-order chi connectivity index (χ0) is 11.5. The SMILES string of the molecule is CN1CCN(c2ccc(Cl)cc2)CC1CN. The summed E-state index contributed by atoms with van der Waals surface area (Å²) in [6.07, 6.45) is 0. The van der Waals surface area contributed by atoms with Crippen LogP contribution in [0.25, 0.3) is 0 Å². The molecule has 0 aliphatic carbocycles. The van der Waals surface area contributed by atoms with Crippen molar-refractivity contribution in [2.45, 2.75) is 6.04 Å². The number of hydrogen-bond donors (Lipinski definition) is 1. The molecule has 0 aromatic heterocycles. The van der Waals surface area contributed by atoms with Crippen molar-refractivity contribution in [3.63, 3.8) is 0 Å². The lowest BCUT2D eigenvalue weighted by molar-refractivity contribution is 0.224. The van der Waals surface area contributed by atoms with Crippen LogP contribution in [-0.4, -0.2) is 44.2 Å². The first-order valence-electron chi connectivity index (χ1n) is 5.61. The second kappa shape index (κ2) is 5.04. The topological polar surface area (TPSA) is 32.5 Å². The van der Waals surface area contributed by atoms with Gasteiger partial charge in [0.25, 0.3) is 0 Å². The summed E-state index contributed by atoms with van der Waals surface area (Å²) < 4.78 is 0. The number of rotatable bonds is 2. The van der Waals surface area contributed by atoms with Crippen LogP contribution in [-0.2, 0) is 0 Å². The third-order valence-electron chi connectivity index (χ3n) is 3.24. The van der Waals surface area contributed by atoms with E-state index >= 15 is 0 Å². The first-order chi connectivity index (χ1) is 7.70. The zero-order valence-corrected chi connectivity index (χ0v) is 10.3. The predicted molar refractivity (Wildman–Crippen MR) is 69.1 cm³/mol. The van der Waals surface area contributed by atoms with E-state index in [1.54, 1.807) is 0 Å². The van der Waals surface area contributed by atoms with Gasteiger partial charge in [-0.1, -0.05) is 11.6 Å². The molecular formula is C12H18ClN3. The van der Waals surface area contributed by atoms with E-state index in [2.05, 4.69) is 29.0 Å². The quantitative estimate of drug-likeness (QED) is 0.847. The van der Waals surface area contributed by atoms with Crippen LogP contribution in [0.1, 0.15) is 0 Å². The lowest BCUT2D eigenvalue weighted by Crippen LogP contribution is -2.54. The van der Waals surface area contributed by atoms with Crippen molar-refractivity contribution in [1.29, 1.82) is 0 Å². The lowest BCUT2D eigenvalue weighted by atomic mass is 10.1. The fourth-order valence-corrected chi connectivity index (χ4v) is 2.21. The van der Waals surface area contributed by atoms with Gasteiger partial charge in [0.05, 0.1) is 0 Å². The molecule has 1 fully saturated rings. The van der Waals surface area contributed by atoms with E-state index in [0.717, 1.165) is 24.7 Å². The van der Waals surface area contributed by atoms with E-state index in [4.69, 9.17) is 17.3 Å². The summed E-state index contributed by atoms with van der Waals surface area (Å²) in [6, 6.07) is 8.46. The maximum atomic E-state index is 5.88. The minimum absolute atomic E-state index is 0.449. The Labute approximate surface area is 102 Å². The molecule has 0 amide bonds. The van der Waals surface area contributed by atoms with Crippen molar-refractivity contribution >= 4 is 17.3 Å². The van der Waals surface area contributed by atoms with Crippen LogP contribution in [0.3, 0.4) is 0 Å². The average molecular weight is 240 g/mol. The Kier molecular flexibility index (Phi) is 3.69. The second-order valence-electron chi connectivity index (χ2n) is 4.29. The average Bonchev–Trinajstić information content (AvgIpc) is 2.31. The molecule has 1 aliphatic heterocycles. The highest BCUT2D eigenvalue weighted by molar-refractivity contribution is 6.30. The van der Waals surface area contributed by atoms with Gasteiger partial charge in [-0.2, -0.15) is 0 Å². The molecular weight excluding hydrogens is 222 g/mol. The van der Waals surface area contributed by atoms with Gasteiger partial charge in [0.1, 0.15) is 0 Å². The van der Waals surface area contributed by atoms with E-state index in [0.29, 0.717) is 12.6 Å². The smallest absolute Gasteiger partial charge is 0.0407 e. The number of benzene rings is 1. The molecule has 3 nitrogen and oxygen atoms in total. The van der Waals surface area contributed by atoms with Crippen LogP contribution in [0.2, 0.25) is 5.02 Å². The van der Waals surface area contributed by atoms with Gasteiger partial charge in [0, 0.05) is 42.9 Å². The number of hydrogen-bond acceptors (Lipinski definition) is 3. The molecule has 0 saturated carbocycles. The number of nitrogens with two attached hydrogens (primary N) is 1. The van der Waals surface area contributed by atoms with Gasteiger partial charge in [-0.3, -0.25) is 4.90 Å². The molecule has 0 radical (unpaired) electrons. The van der Waals surface area contributed by atoms with Gasteiger partial charge in [-0.15, -0.1) is 0 Å². The number of piperazine rings is 1. The highest BCUT2D eigenvalue weighted by atomic mass is 35.5. The van der Waals surface area contributed by atoms with E-state index in [9.17, 15) is 0 Å². The van der Waals surface area contributed by atoms with Crippen LogP contribution in [0, 0.1) is 0 Å². The molecule has 1 aromatic rings. The lowest BCUT2D eigenvalue weighted by Gasteiger charge is -2.40. The van der Waals surface area contributed by atoms with E-state index < -0.39 is 0 Å². The third-order valence-corrected chi connectivity index (χ3v) is 3.49. The third kappa shape index (κ3) is 2.48. The van der Waals surface area contributed by atoms with Gasteiger partial charge in [0.15, 0.2) is 0 Å². The van der Waals surface area contributed by atoms with Crippen molar-refractivity contribution in [3.05, 3.63) is 29.3 Å². The van der Waals surface area contributed by atoms with Crippen LogP contribution < -0.4 is 10.6 Å². The minimum atomic E-state index is 0.449. The van der Waals surface area contributed by atoms with Gasteiger partial charge >= 0.3 is 0 Å². The molecule has 2 rings (SSSR count). The molecule has 1 unspecified atom stereocenters. The molecule has 16 heavy (non-hydrogen) atoms. The molecule has 0 bridgehead atoms. The Hall–Kier alpha value is -0.770. The monoisotopic (exact) mass is 239 g/mol. The molecule has 2 N–H and O–H groups in total. The normalized spacial score (nSPS) is 22.4. The minimum Gasteiger partial charge on any atom is -0.369 e. The summed E-state index contributed by atoms with van der Waals surface area (Å²) in [5.74, 6) is 0. The van der Waals surface area contributed by atoms with Crippen LogP contribution in [0.4, 0.5) is 5.69 Å². The standard InChI is InChI=1S/C12H18ClN3/c1-15-6-7-16(9-12(15)8-14)11-4-2-10(13)3-5-11/h2-5,12H,6-9,14H2,1H3. The van der Waals surface area contributed by atoms with Crippen LogP contribution in [0.5, 0.6) is 0 Å². The Morgan fingerprint density at radius 2 is 2.00 bits per heavy atom. The maximum absolute atomic E-state index is 5.88. The fourth-order valence-electron chi connectivity index (χ4n) is 2.09. The van der Waals surface area contributed by atoms with Crippen molar-refractivity contribution in [2.24, 2.45) is 5.73 Å². The van der Waals surface area contributed by atoms with E-state index in [-0.39, 0.29) is 0 Å². The fraction of sp³-hybridized carbons (Fsp3) is 0.500. The molecule has 0 spiro atoms. The first-order valence-corrected chi connectivity index (χ1v) is 5.99. The second-order valence-corrected chi connectivity index (χ2v) is 4.73. The first kappa shape index (κ1) is 11.7. The molecule has 1 saturated heterocycles. The number of halogens is 1. The van der Waals surface area contributed by atoms with Gasteiger partial charge in [-0.25, -0.2) is 0 Å². The zero-order valence-electron chi connectivity index (χ0n) is 9.56. The number of nitrogens with zero attached hydrogens (tertiary/aromatic N) is 2. The molecule has 1 atom stereocenters. The van der Waals surface area contributed by atoms with Gasteiger partial charge in [-0.05, 0) is 31.3 Å². The highest BCUT2D eigenvalue weighted by Gasteiger charge is 2.22.